The summed E-state index contributed by atoms with van der Waals surface area (Å²) in [7, 11) is 1.99. The fraction of sp³-hybridized carbons (Fsp3) is 0.417. The third-order valence-electron chi connectivity index (χ3n) is 2.67. The first-order valence-corrected chi connectivity index (χ1v) is 6.13. The highest BCUT2D eigenvalue weighted by molar-refractivity contribution is 7.80. The number of fused-ring (bicyclic) bond motifs is 1. The zero-order valence-electron chi connectivity index (χ0n) is 9.93. The summed E-state index contributed by atoms with van der Waals surface area (Å²) in [6.07, 6.45) is -0.423. The molecule has 1 heterocycles. The molecule has 0 spiro atoms. The van der Waals surface area contributed by atoms with Gasteiger partial charge in [-0.1, -0.05) is 6.07 Å². The van der Waals surface area contributed by atoms with Crippen molar-refractivity contribution in [3.8, 4) is 5.75 Å². The molecule has 1 unspecified atom stereocenters. The van der Waals surface area contributed by atoms with Gasteiger partial charge < -0.3 is 10.1 Å². The SMILES string of the molecule is CC1Oc2ccc(CN(C)CS)cc2NC1=O. The summed E-state index contributed by atoms with van der Waals surface area (Å²) < 4.78 is 5.49. The van der Waals surface area contributed by atoms with Gasteiger partial charge in [0.2, 0.25) is 0 Å². The normalized spacial score (nSPS) is 18.6. The molecule has 1 aliphatic rings. The molecule has 1 N–H and O–H groups in total. The van der Waals surface area contributed by atoms with E-state index < -0.39 is 6.10 Å². The van der Waals surface area contributed by atoms with Gasteiger partial charge in [0.1, 0.15) is 5.75 Å². The van der Waals surface area contributed by atoms with Gasteiger partial charge in [-0.3, -0.25) is 9.69 Å². The van der Waals surface area contributed by atoms with Crippen LogP contribution in [0.3, 0.4) is 0 Å². The first-order valence-electron chi connectivity index (χ1n) is 5.50. The van der Waals surface area contributed by atoms with Crippen LogP contribution in [0, 0.1) is 0 Å². The zero-order chi connectivity index (χ0) is 12.4. The highest BCUT2D eigenvalue weighted by Gasteiger charge is 2.23. The van der Waals surface area contributed by atoms with Crippen molar-refractivity contribution < 1.29 is 9.53 Å². The standard InChI is InChI=1S/C12H16N2O2S/c1-8-12(15)13-10-5-9(6-14(2)7-17)3-4-11(10)16-8/h3-5,8,17H,6-7H2,1-2H3,(H,13,15). The van der Waals surface area contributed by atoms with E-state index in [0.717, 1.165) is 23.5 Å². The van der Waals surface area contributed by atoms with Crippen molar-refractivity contribution in [3.63, 3.8) is 0 Å². The number of hydrogen-bond acceptors (Lipinski definition) is 4. The number of carbonyl (C=O) groups excluding carboxylic acids is 1. The summed E-state index contributed by atoms with van der Waals surface area (Å²) >= 11 is 4.20. The fourth-order valence-corrected chi connectivity index (χ4v) is 1.82. The van der Waals surface area contributed by atoms with Crippen molar-refractivity contribution in [2.75, 3.05) is 18.2 Å². The molecule has 1 atom stereocenters. The Hall–Kier alpha value is -1.20. The summed E-state index contributed by atoms with van der Waals surface area (Å²) in [6, 6.07) is 5.84. The maximum atomic E-state index is 11.5. The van der Waals surface area contributed by atoms with Gasteiger partial charge in [0, 0.05) is 12.4 Å². The molecular weight excluding hydrogens is 236 g/mol. The first-order chi connectivity index (χ1) is 8.10. The van der Waals surface area contributed by atoms with Gasteiger partial charge in [-0.25, -0.2) is 0 Å². The van der Waals surface area contributed by atoms with Crippen molar-refractivity contribution in [2.24, 2.45) is 0 Å². The fourth-order valence-electron chi connectivity index (χ4n) is 1.72. The minimum Gasteiger partial charge on any atom is -0.479 e. The van der Waals surface area contributed by atoms with E-state index in [0.29, 0.717) is 5.88 Å². The average Bonchev–Trinajstić information content (AvgIpc) is 2.31. The molecule has 0 aliphatic carbocycles. The van der Waals surface area contributed by atoms with E-state index in [1.54, 1.807) is 6.92 Å². The number of ether oxygens (including phenoxy) is 1. The number of rotatable bonds is 3. The van der Waals surface area contributed by atoms with Crippen LogP contribution < -0.4 is 10.1 Å². The minimum atomic E-state index is -0.423. The van der Waals surface area contributed by atoms with Gasteiger partial charge in [0.05, 0.1) is 5.69 Å². The van der Waals surface area contributed by atoms with Gasteiger partial charge in [-0.2, -0.15) is 12.6 Å². The number of benzene rings is 1. The van der Waals surface area contributed by atoms with E-state index in [2.05, 4.69) is 22.8 Å². The minimum absolute atomic E-state index is 0.0998. The Morgan fingerprint density at radius 2 is 2.29 bits per heavy atom. The number of nitrogens with zero attached hydrogens (tertiary/aromatic N) is 1. The smallest absolute Gasteiger partial charge is 0.265 e. The van der Waals surface area contributed by atoms with E-state index in [9.17, 15) is 4.79 Å². The second-order valence-corrected chi connectivity index (χ2v) is 4.52. The second kappa shape index (κ2) is 4.98. The van der Waals surface area contributed by atoms with E-state index in [4.69, 9.17) is 4.74 Å². The summed E-state index contributed by atoms with van der Waals surface area (Å²) in [5.41, 5.74) is 1.87. The van der Waals surface area contributed by atoms with E-state index in [1.807, 2.05) is 25.2 Å². The van der Waals surface area contributed by atoms with Crippen LogP contribution in [0.5, 0.6) is 5.75 Å². The Morgan fingerprint density at radius 3 is 3.00 bits per heavy atom. The number of anilines is 1. The molecular formula is C12H16N2O2S. The lowest BCUT2D eigenvalue weighted by molar-refractivity contribution is -0.122. The predicted molar refractivity (Wildman–Crippen MR) is 70.5 cm³/mol. The van der Waals surface area contributed by atoms with E-state index >= 15 is 0 Å². The van der Waals surface area contributed by atoms with Crippen LogP contribution in [0.2, 0.25) is 0 Å². The predicted octanol–water partition coefficient (Wildman–Crippen LogP) is 1.73. The number of carbonyl (C=O) groups is 1. The molecule has 92 valence electrons. The Kier molecular flexibility index (Phi) is 3.59. The van der Waals surface area contributed by atoms with Crippen molar-refractivity contribution in [1.82, 2.24) is 4.90 Å². The van der Waals surface area contributed by atoms with Crippen LogP contribution in [0.4, 0.5) is 5.69 Å². The number of hydrogen-bond donors (Lipinski definition) is 2. The average molecular weight is 252 g/mol. The van der Waals surface area contributed by atoms with Crippen molar-refractivity contribution in [2.45, 2.75) is 19.6 Å². The second-order valence-electron chi connectivity index (χ2n) is 4.24. The Morgan fingerprint density at radius 1 is 1.53 bits per heavy atom. The van der Waals surface area contributed by atoms with Crippen molar-refractivity contribution >= 4 is 24.2 Å². The summed E-state index contributed by atoms with van der Waals surface area (Å²) in [4.78, 5) is 13.6. The quantitative estimate of drug-likeness (QED) is 0.636. The molecule has 0 saturated heterocycles. The van der Waals surface area contributed by atoms with Crippen LogP contribution in [-0.2, 0) is 11.3 Å². The van der Waals surface area contributed by atoms with Gasteiger partial charge in [-0.05, 0) is 31.7 Å². The highest BCUT2D eigenvalue weighted by Crippen LogP contribution is 2.30. The molecule has 1 aliphatic heterocycles. The van der Waals surface area contributed by atoms with Crippen LogP contribution in [-0.4, -0.2) is 29.8 Å². The van der Waals surface area contributed by atoms with Crippen LogP contribution in [0.25, 0.3) is 0 Å². The maximum Gasteiger partial charge on any atom is 0.265 e. The van der Waals surface area contributed by atoms with Gasteiger partial charge >= 0.3 is 0 Å². The molecule has 1 aromatic rings. The lowest BCUT2D eigenvalue weighted by Crippen LogP contribution is -2.34. The summed E-state index contributed by atoms with van der Waals surface area (Å²) in [6.45, 7) is 2.53. The molecule has 1 amide bonds. The number of nitrogens with one attached hydrogen (secondary N) is 1. The maximum absolute atomic E-state index is 11.5. The van der Waals surface area contributed by atoms with Crippen LogP contribution >= 0.6 is 12.6 Å². The molecule has 0 radical (unpaired) electrons. The summed E-state index contributed by atoms with van der Waals surface area (Å²) in [5, 5.41) is 2.84. The molecule has 0 aromatic heterocycles. The van der Waals surface area contributed by atoms with E-state index in [1.165, 1.54) is 0 Å². The molecule has 5 heteroatoms. The largest absolute Gasteiger partial charge is 0.479 e. The molecule has 4 nitrogen and oxygen atoms in total. The van der Waals surface area contributed by atoms with Gasteiger partial charge in [0.15, 0.2) is 6.10 Å². The third-order valence-corrected chi connectivity index (χ3v) is 3.15. The van der Waals surface area contributed by atoms with Crippen LogP contribution in [0.15, 0.2) is 18.2 Å². The Labute approximate surface area is 106 Å². The van der Waals surface area contributed by atoms with E-state index in [-0.39, 0.29) is 5.91 Å². The summed E-state index contributed by atoms with van der Waals surface area (Å²) in [5.74, 6) is 1.32. The molecule has 2 rings (SSSR count). The lowest BCUT2D eigenvalue weighted by atomic mass is 10.1. The Bertz CT molecular complexity index is 437. The van der Waals surface area contributed by atoms with Gasteiger partial charge in [0.25, 0.3) is 5.91 Å². The van der Waals surface area contributed by atoms with Crippen molar-refractivity contribution in [3.05, 3.63) is 23.8 Å². The molecule has 0 saturated carbocycles. The van der Waals surface area contributed by atoms with Gasteiger partial charge in [-0.15, -0.1) is 0 Å². The molecule has 0 bridgehead atoms. The van der Waals surface area contributed by atoms with Crippen molar-refractivity contribution in [1.29, 1.82) is 0 Å². The Balaban J connectivity index is 2.19. The third kappa shape index (κ3) is 2.73. The number of thiol groups is 1. The lowest BCUT2D eigenvalue weighted by Gasteiger charge is -2.24. The zero-order valence-corrected chi connectivity index (χ0v) is 10.8. The monoisotopic (exact) mass is 252 g/mol. The molecule has 17 heavy (non-hydrogen) atoms. The van der Waals surface area contributed by atoms with Crippen LogP contribution in [0.1, 0.15) is 12.5 Å². The highest BCUT2D eigenvalue weighted by atomic mass is 32.1. The first kappa shape index (κ1) is 12.3. The molecule has 0 fully saturated rings. The number of amides is 1. The topological polar surface area (TPSA) is 41.6 Å². The molecule has 1 aromatic carbocycles.